The van der Waals surface area contributed by atoms with Crippen molar-refractivity contribution < 1.29 is 4.79 Å². The number of nitrogens with zero attached hydrogens (tertiary/aromatic N) is 3. The number of pyridine rings is 1. The summed E-state index contributed by atoms with van der Waals surface area (Å²) in [4.78, 5) is 24.3. The summed E-state index contributed by atoms with van der Waals surface area (Å²) in [5.74, 6) is 0.854. The maximum atomic E-state index is 12.7. The zero-order valence-corrected chi connectivity index (χ0v) is 17.2. The minimum absolute atomic E-state index is 0.0850. The van der Waals surface area contributed by atoms with E-state index >= 15 is 0 Å². The van der Waals surface area contributed by atoms with Crippen LogP contribution in [0.4, 0.5) is 10.9 Å². The Bertz CT molecular complexity index is 907. The molecule has 0 saturated heterocycles. The van der Waals surface area contributed by atoms with Crippen molar-refractivity contribution >= 4 is 40.0 Å². The summed E-state index contributed by atoms with van der Waals surface area (Å²) in [6, 6.07) is 11.7. The van der Waals surface area contributed by atoms with Crippen LogP contribution in [-0.4, -0.2) is 33.9 Å². The Morgan fingerprint density at radius 3 is 2.70 bits per heavy atom. The molecule has 0 bridgehead atoms. The maximum Gasteiger partial charge on any atom is 0.254 e. The Kier molecular flexibility index (Phi) is 6.47. The Morgan fingerprint density at radius 2 is 2.00 bits per heavy atom. The van der Waals surface area contributed by atoms with Crippen LogP contribution in [0.1, 0.15) is 29.8 Å². The van der Waals surface area contributed by atoms with Crippen molar-refractivity contribution in [3.63, 3.8) is 0 Å². The number of hydrogen-bond acceptors (Lipinski definition) is 6. The number of carbonyl (C=O) groups excluding carboxylic acids is 1. The first-order chi connectivity index (χ1) is 13.1. The van der Waals surface area contributed by atoms with E-state index in [0.29, 0.717) is 13.1 Å². The van der Waals surface area contributed by atoms with Gasteiger partial charge in [-0.15, -0.1) is 0 Å². The van der Waals surface area contributed by atoms with Crippen LogP contribution < -0.4 is 5.32 Å². The smallest absolute Gasteiger partial charge is 0.254 e. The topological polar surface area (TPSA) is 58.1 Å². The van der Waals surface area contributed by atoms with Gasteiger partial charge < -0.3 is 10.2 Å². The molecule has 2 aromatic heterocycles. The zero-order chi connectivity index (χ0) is 19.2. The van der Waals surface area contributed by atoms with Gasteiger partial charge in [-0.1, -0.05) is 35.2 Å². The van der Waals surface area contributed by atoms with Crippen molar-refractivity contribution in [2.24, 2.45) is 0 Å². The molecular formula is C20H22N4OS2. The Hall–Kier alpha value is -2.38. The number of rotatable bonds is 7. The van der Waals surface area contributed by atoms with E-state index in [4.69, 9.17) is 0 Å². The fourth-order valence-corrected chi connectivity index (χ4v) is 4.50. The van der Waals surface area contributed by atoms with Crippen LogP contribution in [0.2, 0.25) is 0 Å². The molecule has 1 amide bonds. The molecule has 0 saturated carbocycles. The van der Waals surface area contributed by atoms with Crippen molar-refractivity contribution in [2.45, 2.75) is 29.9 Å². The summed E-state index contributed by atoms with van der Waals surface area (Å²) in [7, 11) is 0. The average Bonchev–Trinajstić information content (AvgIpc) is 3.11. The summed E-state index contributed by atoms with van der Waals surface area (Å²) in [5, 5.41) is 4.00. The first kappa shape index (κ1) is 19.4. The first-order valence-electron chi connectivity index (χ1n) is 8.82. The normalized spacial score (nSPS) is 10.6. The van der Waals surface area contributed by atoms with Crippen LogP contribution in [0.15, 0.2) is 57.9 Å². The van der Waals surface area contributed by atoms with Crippen LogP contribution in [0.5, 0.6) is 0 Å². The van der Waals surface area contributed by atoms with Crippen molar-refractivity contribution in [1.82, 2.24) is 14.9 Å². The number of carbonyl (C=O) groups is 1. The highest BCUT2D eigenvalue weighted by atomic mass is 32.2. The van der Waals surface area contributed by atoms with Crippen molar-refractivity contribution in [3.05, 3.63) is 59.9 Å². The second kappa shape index (κ2) is 9.01. The number of hydrogen-bond donors (Lipinski definition) is 1. The first-order valence-corrected chi connectivity index (χ1v) is 10.5. The number of nitrogens with one attached hydrogen (secondary N) is 1. The lowest BCUT2D eigenvalue weighted by Crippen LogP contribution is -2.31. The molecule has 0 spiro atoms. The highest BCUT2D eigenvalue weighted by molar-refractivity contribution is 8.01. The van der Waals surface area contributed by atoms with Gasteiger partial charge in [-0.25, -0.2) is 9.97 Å². The predicted molar refractivity (Wildman–Crippen MR) is 112 cm³/mol. The van der Waals surface area contributed by atoms with E-state index in [1.807, 2.05) is 68.3 Å². The summed E-state index contributed by atoms with van der Waals surface area (Å²) in [6.45, 7) is 7.41. The van der Waals surface area contributed by atoms with E-state index in [1.165, 1.54) is 0 Å². The van der Waals surface area contributed by atoms with E-state index in [0.717, 1.165) is 31.2 Å². The quantitative estimate of drug-likeness (QED) is 0.591. The Balaban J connectivity index is 1.74. The molecule has 2 heterocycles. The third kappa shape index (κ3) is 4.87. The molecule has 140 valence electrons. The van der Waals surface area contributed by atoms with E-state index in [-0.39, 0.29) is 5.91 Å². The summed E-state index contributed by atoms with van der Waals surface area (Å²) < 4.78 is 1.05. The van der Waals surface area contributed by atoms with Gasteiger partial charge in [0, 0.05) is 29.7 Å². The van der Waals surface area contributed by atoms with Gasteiger partial charge in [0.1, 0.15) is 5.82 Å². The van der Waals surface area contributed by atoms with Crippen LogP contribution in [0.25, 0.3) is 0 Å². The molecule has 0 aliphatic carbocycles. The standard InChI is InChI=1S/C20H22N4OS2/c1-4-24(5-2)19(25)16-12-15(10-9-14(16)3)26-18-13-22-20(27-18)23-17-8-6-7-11-21-17/h6-13H,4-5H2,1-3H3,(H,21,22,23). The molecule has 0 fully saturated rings. The van der Waals surface area contributed by atoms with E-state index < -0.39 is 0 Å². The molecule has 0 unspecified atom stereocenters. The minimum atomic E-state index is 0.0850. The zero-order valence-electron chi connectivity index (χ0n) is 15.6. The number of anilines is 2. The fraction of sp³-hybridized carbons (Fsp3) is 0.250. The van der Waals surface area contributed by atoms with Gasteiger partial charge in [-0.05, 0) is 50.6 Å². The fourth-order valence-electron chi connectivity index (χ4n) is 2.60. The van der Waals surface area contributed by atoms with Gasteiger partial charge in [-0.3, -0.25) is 4.79 Å². The van der Waals surface area contributed by atoms with Crippen LogP contribution >= 0.6 is 23.1 Å². The molecule has 0 atom stereocenters. The van der Waals surface area contributed by atoms with Crippen LogP contribution in [0, 0.1) is 6.92 Å². The van der Waals surface area contributed by atoms with Crippen molar-refractivity contribution in [3.8, 4) is 0 Å². The predicted octanol–water partition coefficient (Wildman–Crippen LogP) is 5.22. The molecule has 27 heavy (non-hydrogen) atoms. The molecule has 3 aromatic rings. The Morgan fingerprint density at radius 1 is 1.19 bits per heavy atom. The molecule has 7 heteroatoms. The molecule has 3 rings (SSSR count). The van der Waals surface area contributed by atoms with Gasteiger partial charge in [0.2, 0.25) is 0 Å². The van der Waals surface area contributed by atoms with Crippen LogP contribution in [0.3, 0.4) is 0 Å². The van der Waals surface area contributed by atoms with Crippen LogP contribution in [-0.2, 0) is 0 Å². The lowest BCUT2D eigenvalue weighted by Gasteiger charge is -2.20. The van der Waals surface area contributed by atoms with E-state index in [9.17, 15) is 4.79 Å². The molecule has 5 nitrogen and oxygen atoms in total. The molecule has 0 aliphatic rings. The number of aromatic nitrogens is 2. The second-order valence-electron chi connectivity index (χ2n) is 5.88. The molecular weight excluding hydrogens is 376 g/mol. The molecule has 0 radical (unpaired) electrons. The SMILES string of the molecule is CCN(CC)C(=O)c1cc(Sc2cnc(Nc3ccccn3)s2)ccc1C. The largest absolute Gasteiger partial charge is 0.339 e. The van der Waals surface area contributed by atoms with E-state index in [2.05, 4.69) is 15.3 Å². The maximum absolute atomic E-state index is 12.7. The lowest BCUT2D eigenvalue weighted by atomic mass is 10.1. The van der Waals surface area contributed by atoms with E-state index in [1.54, 1.807) is 29.3 Å². The van der Waals surface area contributed by atoms with Gasteiger partial charge >= 0.3 is 0 Å². The van der Waals surface area contributed by atoms with Gasteiger partial charge in [0.05, 0.1) is 10.4 Å². The third-order valence-electron chi connectivity index (χ3n) is 4.09. The monoisotopic (exact) mass is 398 g/mol. The molecule has 1 aromatic carbocycles. The molecule has 1 N–H and O–H groups in total. The van der Waals surface area contributed by atoms with Crippen molar-refractivity contribution in [1.29, 1.82) is 0 Å². The lowest BCUT2D eigenvalue weighted by molar-refractivity contribution is 0.0772. The second-order valence-corrected chi connectivity index (χ2v) is 8.29. The van der Waals surface area contributed by atoms with Gasteiger partial charge in [0.15, 0.2) is 5.13 Å². The number of aryl methyl sites for hydroxylation is 1. The average molecular weight is 399 g/mol. The van der Waals surface area contributed by atoms with Crippen molar-refractivity contribution in [2.75, 3.05) is 18.4 Å². The Labute approximate surface area is 167 Å². The highest BCUT2D eigenvalue weighted by Gasteiger charge is 2.16. The molecule has 0 aliphatic heterocycles. The number of benzene rings is 1. The highest BCUT2D eigenvalue weighted by Crippen LogP contribution is 2.35. The number of amides is 1. The number of thiazole rings is 1. The minimum Gasteiger partial charge on any atom is -0.339 e. The summed E-state index contributed by atoms with van der Waals surface area (Å²) in [6.07, 6.45) is 3.58. The summed E-state index contributed by atoms with van der Waals surface area (Å²) >= 11 is 3.17. The summed E-state index contributed by atoms with van der Waals surface area (Å²) in [5.41, 5.74) is 1.76. The third-order valence-corrected chi connectivity index (χ3v) is 6.10. The van der Waals surface area contributed by atoms with Gasteiger partial charge in [0.25, 0.3) is 5.91 Å². The van der Waals surface area contributed by atoms with Gasteiger partial charge in [-0.2, -0.15) is 0 Å².